The average molecular weight is 463 g/mol. The van der Waals surface area contributed by atoms with Crippen molar-refractivity contribution in [2.45, 2.75) is 12.8 Å². The van der Waals surface area contributed by atoms with E-state index in [2.05, 4.69) is 5.32 Å². The lowest BCUT2D eigenvalue weighted by Gasteiger charge is -2.23. The third-order valence-electron chi connectivity index (χ3n) is 4.87. The summed E-state index contributed by atoms with van der Waals surface area (Å²) in [6, 6.07) is 23.3. The Kier molecular flexibility index (Phi) is 8.62. The van der Waals surface area contributed by atoms with Crippen LogP contribution < -0.4 is 19.7 Å². The molecule has 176 valence electrons. The highest BCUT2D eigenvalue weighted by molar-refractivity contribution is 6.01. The van der Waals surface area contributed by atoms with Crippen LogP contribution >= 0.6 is 0 Å². The van der Waals surface area contributed by atoms with Crippen molar-refractivity contribution in [3.8, 4) is 11.5 Å². The lowest BCUT2D eigenvalue weighted by molar-refractivity contribution is -0.148. The van der Waals surface area contributed by atoms with Gasteiger partial charge in [-0.25, -0.2) is 0 Å². The summed E-state index contributed by atoms with van der Waals surface area (Å²) < 4.78 is 15.4. The number of amides is 2. The molecule has 0 aliphatic carbocycles. The summed E-state index contributed by atoms with van der Waals surface area (Å²) in [5.74, 6) is -0.482. The van der Waals surface area contributed by atoms with Crippen molar-refractivity contribution >= 4 is 34.8 Å². The van der Waals surface area contributed by atoms with Gasteiger partial charge in [0.15, 0.2) is 6.61 Å². The minimum Gasteiger partial charge on any atom is -0.497 e. The highest BCUT2D eigenvalue weighted by atomic mass is 16.5. The zero-order valence-corrected chi connectivity index (χ0v) is 19.0. The molecule has 0 saturated heterocycles. The van der Waals surface area contributed by atoms with Crippen molar-refractivity contribution < 1.29 is 28.6 Å². The van der Waals surface area contributed by atoms with Gasteiger partial charge in [-0.1, -0.05) is 36.4 Å². The van der Waals surface area contributed by atoms with Crippen LogP contribution in [-0.2, 0) is 19.1 Å². The van der Waals surface area contributed by atoms with Crippen LogP contribution in [0.5, 0.6) is 11.5 Å². The van der Waals surface area contributed by atoms with Gasteiger partial charge in [0, 0.05) is 23.9 Å². The van der Waals surface area contributed by atoms with Crippen molar-refractivity contribution in [3.63, 3.8) is 0 Å². The number of esters is 1. The van der Waals surface area contributed by atoms with Gasteiger partial charge in [0.1, 0.15) is 11.5 Å². The van der Waals surface area contributed by atoms with Crippen LogP contribution in [0.2, 0.25) is 0 Å². The molecule has 1 N–H and O–H groups in total. The van der Waals surface area contributed by atoms with E-state index in [1.807, 2.05) is 60.7 Å². The number of hydrogen-bond donors (Lipinski definition) is 1. The van der Waals surface area contributed by atoms with Gasteiger partial charge in [0.25, 0.3) is 5.91 Å². The number of rotatable bonds is 10. The first-order valence-electron chi connectivity index (χ1n) is 10.6. The predicted molar refractivity (Wildman–Crippen MR) is 128 cm³/mol. The number of hydrogen-bond acceptors (Lipinski definition) is 6. The molecule has 0 aliphatic heterocycles. The lowest BCUT2D eigenvalue weighted by atomic mass is 10.2. The van der Waals surface area contributed by atoms with Crippen LogP contribution in [0, 0.1) is 0 Å². The molecule has 0 fully saturated rings. The Morgan fingerprint density at radius 3 is 1.97 bits per heavy atom. The monoisotopic (exact) mass is 462 g/mol. The Labute approximate surface area is 198 Å². The number of nitrogens with one attached hydrogen (secondary N) is 1. The number of benzene rings is 3. The van der Waals surface area contributed by atoms with E-state index < -0.39 is 18.5 Å². The number of methoxy groups -OCH3 is 2. The maximum atomic E-state index is 13.0. The van der Waals surface area contributed by atoms with Gasteiger partial charge >= 0.3 is 5.97 Å². The van der Waals surface area contributed by atoms with Gasteiger partial charge in [-0.2, -0.15) is 0 Å². The van der Waals surface area contributed by atoms with Crippen molar-refractivity contribution in [2.75, 3.05) is 31.0 Å². The number of nitrogens with zero attached hydrogens (tertiary/aromatic N) is 1. The van der Waals surface area contributed by atoms with E-state index in [4.69, 9.17) is 14.2 Å². The second-order valence-corrected chi connectivity index (χ2v) is 7.18. The first-order chi connectivity index (χ1) is 16.5. The molecule has 2 amide bonds. The molecule has 8 nitrogen and oxygen atoms in total. The standard InChI is InChI=1S/C26H26N2O6/c1-32-21-13-14-23(33-2)22(17-21)27-24(29)18-34-26(31)16-15-25(30)28(19-9-5-3-6-10-19)20-11-7-4-8-12-20/h3-14,17H,15-16,18H2,1-2H3,(H,27,29). The summed E-state index contributed by atoms with van der Waals surface area (Å²) >= 11 is 0. The molecule has 0 saturated carbocycles. The molecule has 0 unspecified atom stereocenters. The van der Waals surface area contributed by atoms with Crippen LogP contribution in [0.25, 0.3) is 0 Å². The summed E-state index contributed by atoms with van der Waals surface area (Å²) in [5, 5.41) is 2.62. The SMILES string of the molecule is COc1ccc(OC)c(NC(=O)COC(=O)CCC(=O)N(c2ccccc2)c2ccccc2)c1. The molecule has 0 heterocycles. The van der Waals surface area contributed by atoms with E-state index in [0.29, 0.717) is 28.6 Å². The topological polar surface area (TPSA) is 94.2 Å². The van der Waals surface area contributed by atoms with E-state index in [0.717, 1.165) is 0 Å². The van der Waals surface area contributed by atoms with E-state index in [-0.39, 0.29) is 18.7 Å². The molecule has 8 heteroatoms. The van der Waals surface area contributed by atoms with Crippen LogP contribution in [0.4, 0.5) is 17.1 Å². The van der Waals surface area contributed by atoms with Crippen LogP contribution in [0.15, 0.2) is 78.9 Å². The highest BCUT2D eigenvalue weighted by Gasteiger charge is 2.19. The Bertz CT molecular complexity index is 1080. The lowest BCUT2D eigenvalue weighted by Crippen LogP contribution is -2.27. The minimum absolute atomic E-state index is 0.0754. The number of carbonyl (C=O) groups excluding carboxylic acids is 3. The van der Waals surface area contributed by atoms with Crippen molar-refractivity contribution in [1.82, 2.24) is 0 Å². The van der Waals surface area contributed by atoms with Crippen molar-refractivity contribution in [3.05, 3.63) is 78.9 Å². The molecule has 0 aromatic heterocycles. The number of anilines is 3. The summed E-state index contributed by atoms with van der Waals surface area (Å²) in [7, 11) is 2.98. The Balaban J connectivity index is 1.55. The van der Waals surface area contributed by atoms with E-state index >= 15 is 0 Å². The van der Waals surface area contributed by atoms with Crippen LogP contribution in [-0.4, -0.2) is 38.6 Å². The molecule has 0 aliphatic rings. The molecule has 3 rings (SSSR count). The zero-order valence-electron chi connectivity index (χ0n) is 19.0. The number of ether oxygens (including phenoxy) is 3. The highest BCUT2D eigenvalue weighted by Crippen LogP contribution is 2.29. The molecular weight excluding hydrogens is 436 g/mol. The summed E-state index contributed by atoms with van der Waals surface area (Å²) in [4.78, 5) is 39.0. The van der Waals surface area contributed by atoms with Crippen molar-refractivity contribution in [2.24, 2.45) is 0 Å². The Morgan fingerprint density at radius 1 is 0.794 bits per heavy atom. The fourth-order valence-electron chi connectivity index (χ4n) is 3.23. The normalized spacial score (nSPS) is 10.2. The maximum absolute atomic E-state index is 13.0. The van der Waals surface area contributed by atoms with E-state index in [1.54, 1.807) is 23.1 Å². The van der Waals surface area contributed by atoms with Gasteiger partial charge in [-0.15, -0.1) is 0 Å². The second-order valence-electron chi connectivity index (χ2n) is 7.18. The first kappa shape index (κ1) is 24.3. The van der Waals surface area contributed by atoms with Crippen molar-refractivity contribution in [1.29, 1.82) is 0 Å². The molecule has 0 radical (unpaired) electrons. The summed E-state index contributed by atoms with van der Waals surface area (Å²) in [6.45, 7) is -0.492. The van der Waals surface area contributed by atoms with Gasteiger partial charge < -0.3 is 19.5 Å². The summed E-state index contributed by atoms with van der Waals surface area (Å²) in [5.41, 5.74) is 1.77. The Hall–Kier alpha value is -4.33. The third-order valence-corrected chi connectivity index (χ3v) is 4.87. The number of para-hydroxylation sites is 2. The second kappa shape index (κ2) is 12.1. The molecule has 3 aromatic carbocycles. The number of carbonyl (C=O) groups is 3. The average Bonchev–Trinajstić information content (AvgIpc) is 2.87. The fraction of sp³-hybridized carbons (Fsp3) is 0.192. The predicted octanol–water partition coefficient (Wildman–Crippen LogP) is 4.33. The van der Waals surface area contributed by atoms with E-state index in [1.165, 1.54) is 14.2 Å². The Morgan fingerprint density at radius 2 is 1.41 bits per heavy atom. The van der Waals surface area contributed by atoms with Gasteiger partial charge in [0.2, 0.25) is 5.91 Å². The maximum Gasteiger partial charge on any atom is 0.306 e. The van der Waals surface area contributed by atoms with Gasteiger partial charge in [-0.05, 0) is 36.4 Å². The zero-order chi connectivity index (χ0) is 24.3. The molecule has 34 heavy (non-hydrogen) atoms. The first-order valence-corrected chi connectivity index (χ1v) is 10.6. The molecule has 0 bridgehead atoms. The third kappa shape index (κ3) is 6.59. The van der Waals surface area contributed by atoms with Gasteiger partial charge in [0.05, 0.1) is 26.3 Å². The quantitative estimate of drug-likeness (QED) is 0.451. The van der Waals surface area contributed by atoms with Crippen LogP contribution in [0.3, 0.4) is 0 Å². The fourth-order valence-corrected chi connectivity index (χ4v) is 3.23. The minimum atomic E-state index is -0.651. The molecule has 3 aromatic rings. The molecular formula is C26H26N2O6. The van der Waals surface area contributed by atoms with Gasteiger partial charge in [-0.3, -0.25) is 19.3 Å². The molecule has 0 spiro atoms. The van der Waals surface area contributed by atoms with Crippen LogP contribution in [0.1, 0.15) is 12.8 Å². The van der Waals surface area contributed by atoms with E-state index in [9.17, 15) is 14.4 Å². The summed E-state index contributed by atoms with van der Waals surface area (Å²) in [6.07, 6.45) is -0.237. The smallest absolute Gasteiger partial charge is 0.306 e. The molecule has 0 atom stereocenters. The largest absolute Gasteiger partial charge is 0.497 e.